The molecule has 5 unspecified atom stereocenters. The van der Waals surface area contributed by atoms with E-state index < -0.39 is 71.8 Å². The highest BCUT2D eigenvalue weighted by Gasteiger charge is 2.34. The first-order chi connectivity index (χ1) is 34.3. The Labute approximate surface area is 433 Å². The molecular formula is C54H75ClN6O12. The molecule has 0 aliphatic rings. The minimum absolute atomic E-state index is 0.0479. The van der Waals surface area contributed by atoms with Crippen LogP contribution in [0.15, 0.2) is 77.6 Å². The van der Waals surface area contributed by atoms with Gasteiger partial charge in [-0.25, -0.2) is 19.4 Å². The van der Waals surface area contributed by atoms with Gasteiger partial charge in [0, 0.05) is 43.6 Å². The molecule has 1 heterocycles. The Kier molecular flexibility index (Phi) is 22.2. The molecule has 19 heteroatoms. The highest BCUT2D eigenvalue weighted by Crippen LogP contribution is 2.31. The Hall–Kier alpha value is -6.08. The highest BCUT2D eigenvalue weighted by molar-refractivity contribution is 6.31. The topological polar surface area (TPSA) is 226 Å². The van der Waals surface area contributed by atoms with Crippen molar-refractivity contribution >= 4 is 52.5 Å². The van der Waals surface area contributed by atoms with Gasteiger partial charge in [-0.15, -0.1) is 0 Å². The van der Waals surface area contributed by atoms with E-state index in [0.29, 0.717) is 27.3 Å². The van der Waals surface area contributed by atoms with Crippen LogP contribution in [0.25, 0.3) is 10.9 Å². The number of aryl methyl sites for hydroxylation is 1. The lowest BCUT2D eigenvalue weighted by molar-refractivity contribution is -0.247. The molecule has 0 fully saturated rings. The summed E-state index contributed by atoms with van der Waals surface area (Å²) in [7, 11) is 0. The van der Waals surface area contributed by atoms with Crippen LogP contribution in [-0.2, 0) is 39.8 Å². The van der Waals surface area contributed by atoms with Gasteiger partial charge >= 0.3 is 18.2 Å². The second-order valence-corrected chi connectivity index (χ2v) is 21.1. The maximum Gasteiger partial charge on any atom is 0.410 e. The zero-order valence-electron chi connectivity index (χ0n) is 44.3. The van der Waals surface area contributed by atoms with Crippen molar-refractivity contribution in [2.75, 3.05) is 32.8 Å². The zero-order chi connectivity index (χ0) is 54.2. The van der Waals surface area contributed by atoms with Gasteiger partial charge in [0.2, 0.25) is 12.2 Å². The number of hydrogen-bond acceptors (Lipinski definition) is 13. The van der Waals surface area contributed by atoms with Crippen LogP contribution in [0, 0.1) is 24.2 Å². The molecule has 0 spiro atoms. The van der Waals surface area contributed by atoms with Gasteiger partial charge in [0.1, 0.15) is 18.5 Å². The predicted molar refractivity (Wildman–Crippen MR) is 278 cm³/mol. The molecule has 5 atom stereocenters. The Morgan fingerprint density at radius 1 is 0.836 bits per heavy atom. The minimum Gasteiger partial charge on any atom is -0.444 e. The summed E-state index contributed by atoms with van der Waals surface area (Å²) < 4.78 is 29.5. The first-order valence-electron chi connectivity index (χ1n) is 24.7. The van der Waals surface area contributed by atoms with Crippen LogP contribution in [0.3, 0.4) is 0 Å². The van der Waals surface area contributed by atoms with E-state index in [1.807, 2.05) is 105 Å². The fraction of sp³-hybridized carbons (Fsp3) is 0.537. The maximum absolute atomic E-state index is 14.6. The van der Waals surface area contributed by atoms with Crippen LogP contribution >= 0.6 is 11.6 Å². The molecule has 3 aromatic carbocycles. The Morgan fingerprint density at radius 2 is 1.49 bits per heavy atom. The Bertz CT molecular complexity index is 2520. The van der Waals surface area contributed by atoms with Crippen LogP contribution in [0.1, 0.15) is 122 Å². The number of alkyl carbamates (subject to hydrolysis) is 2. The molecule has 0 saturated carbocycles. The van der Waals surface area contributed by atoms with Gasteiger partial charge in [-0.2, -0.15) is 0 Å². The van der Waals surface area contributed by atoms with Crippen LogP contribution < -0.4 is 21.5 Å². The van der Waals surface area contributed by atoms with E-state index in [2.05, 4.69) is 16.0 Å². The van der Waals surface area contributed by atoms with Gasteiger partial charge in [-0.3, -0.25) is 19.0 Å². The van der Waals surface area contributed by atoms with Crippen LogP contribution in [0.2, 0.25) is 5.02 Å². The van der Waals surface area contributed by atoms with E-state index in [-0.39, 0.29) is 69.6 Å². The standard InChI is InChI=1S/C54H75ClN6O12/c1-33(2)45(59-43(63)25-27-57-51(67)69-32-44(73-54(10,11)12)72-42(31-62)53(7,8)9)50(66)70-36(6)71-52(68)56-26-16-28-60(48(64)38-21-19-35(5)20-22-38)46(34(3)4)47-58-41-29-39(55)23-24-40(41)49(65)61(47)30-37-17-14-13-15-18-37/h13-15,17-24,29,33-34,36,42,44-46,62H,16,25-28,30-32H2,1-12H3,(H,56,68)(H,57,67)(H,59,63). The summed E-state index contributed by atoms with van der Waals surface area (Å²) in [5, 5.41) is 18.4. The van der Waals surface area contributed by atoms with Crippen molar-refractivity contribution in [2.24, 2.45) is 17.3 Å². The number of amides is 4. The number of fused-ring (bicyclic) bond motifs is 1. The van der Waals surface area contributed by atoms with Crippen LogP contribution in [-0.4, -0.2) is 113 Å². The van der Waals surface area contributed by atoms with Gasteiger partial charge in [0.15, 0.2) is 6.29 Å². The van der Waals surface area contributed by atoms with Gasteiger partial charge in [0.05, 0.1) is 41.8 Å². The van der Waals surface area contributed by atoms with Crippen molar-refractivity contribution in [3.8, 4) is 0 Å². The van der Waals surface area contributed by atoms with Crippen molar-refractivity contribution in [2.45, 2.75) is 139 Å². The zero-order valence-corrected chi connectivity index (χ0v) is 45.0. The molecule has 0 aliphatic heterocycles. The first kappa shape index (κ1) is 59.5. The number of aliphatic hydroxyl groups excluding tert-OH is 1. The molecule has 0 radical (unpaired) electrons. The average molecular weight is 1040 g/mol. The molecule has 18 nitrogen and oxygen atoms in total. The monoisotopic (exact) mass is 1030 g/mol. The van der Waals surface area contributed by atoms with Gasteiger partial charge in [-0.05, 0) is 87.3 Å². The van der Waals surface area contributed by atoms with Crippen LogP contribution in [0.5, 0.6) is 0 Å². The average Bonchev–Trinajstić information content (AvgIpc) is 3.30. The lowest BCUT2D eigenvalue weighted by Crippen LogP contribution is -2.47. The fourth-order valence-corrected chi connectivity index (χ4v) is 7.86. The van der Waals surface area contributed by atoms with Gasteiger partial charge in [0.25, 0.3) is 11.5 Å². The van der Waals surface area contributed by atoms with Crippen molar-refractivity contribution in [3.05, 3.63) is 111 Å². The first-order valence-corrected chi connectivity index (χ1v) is 25.1. The molecule has 0 bridgehead atoms. The third kappa shape index (κ3) is 18.7. The summed E-state index contributed by atoms with van der Waals surface area (Å²) in [6.45, 7) is 21.4. The normalized spacial score (nSPS) is 13.9. The quantitative estimate of drug-likeness (QED) is 0.0296. The largest absolute Gasteiger partial charge is 0.444 e. The second-order valence-electron chi connectivity index (χ2n) is 20.6. The molecular weight excluding hydrogens is 960 g/mol. The van der Waals surface area contributed by atoms with Gasteiger partial charge < -0.3 is 49.6 Å². The molecule has 4 N–H and O–H groups in total. The predicted octanol–water partition coefficient (Wildman–Crippen LogP) is 8.07. The number of ether oxygens (including phenoxy) is 5. The molecule has 73 heavy (non-hydrogen) atoms. The third-order valence-electron chi connectivity index (χ3n) is 11.5. The van der Waals surface area contributed by atoms with Crippen molar-refractivity contribution in [3.63, 3.8) is 0 Å². The molecule has 0 aliphatic carbocycles. The number of carbonyl (C=O) groups is 5. The van der Waals surface area contributed by atoms with Crippen molar-refractivity contribution in [1.82, 2.24) is 30.4 Å². The van der Waals surface area contributed by atoms with Crippen LogP contribution in [0.4, 0.5) is 9.59 Å². The van der Waals surface area contributed by atoms with E-state index in [9.17, 15) is 33.9 Å². The van der Waals surface area contributed by atoms with Crippen molar-refractivity contribution in [1.29, 1.82) is 0 Å². The van der Waals surface area contributed by atoms with E-state index in [0.717, 1.165) is 11.1 Å². The fourth-order valence-electron chi connectivity index (χ4n) is 7.69. The number of esters is 1. The summed E-state index contributed by atoms with van der Waals surface area (Å²) in [5.41, 5.74) is 1.32. The summed E-state index contributed by atoms with van der Waals surface area (Å²) >= 11 is 6.40. The number of halogens is 1. The van der Waals surface area contributed by atoms with Crippen molar-refractivity contribution < 1.29 is 52.8 Å². The number of carbonyl (C=O) groups excluding carboxylic acids is 5. The number of aliphatic hydroxyl groups is 1. The third-order valence-corrected chi connectivity index (χ3v) is 11.7. The summed E-state index contributed by atoms with van der Waals surface area (Å²) in [4.78, 5) is 87.3. The molecule has 4 rings (SSSR count). The molecule has 4 aromatic rings. The maximum atomic E-state index is 14.6. The lowest BCUT2D eigenvalue weighted by atomic mass is 9.89. The smallest absolute Gasteiger partial charge is 0.410 e. The van der Waals surface area contributed by atoms with E-state index >= 15 is 0 Å². The molecule has 1 aromatic heterocycles. The summed E-state index contributed by atoms with van der Waals surface area (Å²) in [6, 6.07) is 19.8. The number of aromatic nitrogens is 2. The minimum atomic E-state index is -1.35. The summed E-state index contributed by atoms with van der Waals surface area (Å²) in [6.07, 6.45) is -4.60. The lowest BCUT2D eigenvalue weighted by Gasteiger charge is -2.35. The Balaban J connectivity index is 1.36. The number of hydrogen-bond donors (Lipinski definition) is 4. The van der Waals surface area contributed by atoms with E-state index in [1.165, 1.54) is 6.92 Å². The van der Waals surface area contributed by atoms with Gasteiger partial charge in [-0.1, -0.05) is 108 Å². The number of benzene rings is 3. The molecule has 0 saturated heterocycles. The highest BCUT2D eigenvalue weighted by atomic mass is 35.5. The SMILES string of the molecule is Cc1ccc(C(=O)N(CCCNC(=O)OC(C)OC(=O)C(NC(=O)CCNC(=O)OCC(OC(CO)C(C)(C)C)OC(C)(C)C)C(C)C)C(c2nc3cc(Cl)ccc3c(=O)n2Cc2ccccc2)C(C)C)cc1. The number of nitrogens with one attached hydrogen (secondary N) is 3. The van der Waals surface area contributed by atoms with E-state index in [1.54, 1.807) is 53.6 Å². The second kappa shape index (κ2) is 27.3. The summed E-state index contributed by atoms with van der Waals surface area (Å²) in [5.74, 6) is -2.01. The molecule has 4 amide bonds. The Morgan fingerprint density at radius 3 is 2.10 bits per heavy atom. The number of rotatable bonds is 24. The number of nitrogens with zero attached hydrogens (tertiary/aromatic N) is 3. The molecule has 400 valence electrons. The van der Waals surface area contributed by atoms with E-state index in [4.69, 9.17) is 40.3 Å².